The van der Waals surface area contributed by atoms with Gasteiger partial charge >= 0.3 is 6.09 Å². The van der Waals surface area contributed by atoms with E-state index in [1.54, 1.807) is 6.07 Å². The Morgan fingerprint density at radius 1 is 1.33 bits per heavy atom. The van der Waals surface area contributed by atoms with Crippen molar-refractivity contribution < 1.29 is 9.53 Å². The number of benzene rings is 1. The van der Waals surface area contributed by atoms with Crippen molar-refractivity contribution in [1.29, 1.82) is 0 Å². The van der Waals surface area contributed by atoms with Gasteiger partial charge in [-0.3, -0.25) is 5.32 Å². The molecule has 2 rings (SSSR count). The number of nitrogens with zero attached hydrogens (tertiary/aromatic N) is 1. The molecular formula is C15H22ClN3O2. The fourth-order valence-electron chi connectivity index (χ4n) is 2.20. The topological polar surface area (TPSA) is 53.6 Å². The van der Waals surface area contributed by atoms with Crippen LogP contribution in [0.3, 0.4) is 0 Å². The van der Waals surface area contributed by atoms with Crippen LogP contribution in [0.4, 0.5) is 16.2 Å². The molecule has 1 fully saturated rings. The van der Waals surface area contributed by atoms with Crippen molar-refractivity contribution in [2.45, 2.75) is 26.4 Å². The Kier molecular flexibility index (Phi) is 4.96. The van der Waals surface area contributed by atoms with Crippen LogP contribution in [-0.2, 0) is 4.74 Å². The molecule has 1 aliphatic rings. The summed E-state index contributed by atoms with van der Waals surface area (Å²) < 4.78 is 5.30. The summed E-state index contributed by atoms with van der Waals surface area (Å²) in [4.78, 5) is 14.2. The van der Waals surface area contributed by atoms with Gasteiger partial charge in [-0.1, -0.05) is 11.6 Å². The molecule has 1 amide bonds. The minimum absolute atomic E-state index is 0.471. The summed E-state index contributed by atoms with van der Waals surface area (Å²) in [6, 6.07) is 5.52. The highest BCUT2D eigenvalue weighted by molar-refractivity contribution is 6.31. The maximum atomic E-state index is 12.0. The van der Waals surface area contributed by atoms with Gasteiger partial charge in [0.05, 0.1) is 11.4 Å². The van der Waals surface area contributed by atoms with Gasteiger partial charge in [0.25, 0.3) is 0 Å². The Morgan fingerprint density at radius 2 is 2.00 bits per heavy atom. The fourth-order valence-corrected chi connectivity index (χ4v) is 2.38. The van der Waals surface area contributed by atoms with Crippen molar-refractivity contribution in [3.63, 3.8) is 0 Å². The summed E-state index contributed by atoms with van der Waals surface area (Å²) in [5.41, 5.74) is 1.11. The Labute approximate surface area is 130 Å². The lowest BCUT2D eigenvalue weighted by Crippen LogP contribution is -2.43. The van der Waals surface area contributed by atoms with Crippen LogP contribution in [-0.4, -0.2) is 37.9 Å². The van der Waals surface area contributed by atoms with E-state index in [-0.39, 0.29) is 0 Å². The highest BCUT2D eigenvalue weighted by atomic mass is 35.5. The molecule has 0 atom stereocenters. The number of halogens is 1. The van der Waals surface area contributed by atoms with E-state index in [9.17, 15) is 4.79 Å². The third-order valence-corrected chi connectivity index (χ3v) is 3.29. The van der Waals surface area contributed by atoms with E-state index in [2.05, 4.69) is 15.5 Å². The molecule has 1 aliphatic heterocycles. The van der Waals surface area contributed by atoms with Crippen molar-refractivity contribution >= 4 is 29.1 Å². The third-order valence-electron chi connectivity index (χ3n) is 3.05. The highest BCUT2D eigenvalue weighted by Crippen LogP contribution is 2.30. The molecule has 0 aromatic heterocycles. The Morgan fingerprint density at radius 3 is 2.62 bits per heavy atom. The monoisotopic (exact) mass is 311 g/mol. The molecule has 0 spiro atoms. The fraction of sp³-hybridized carbons (Fsp3) is 0.533. The molecule has 0 radical (unpaired) electrons. The molecule has 0 bridgehead atoms. The summed E-state index contributed by atoms with van der Waals surface area (Å²) in [5, 5.41) is 6.69. The number of nitrogens with one attached hydrogen (secondary N) is 2. The van der Waals surface area contributed by atoms with E-state index in [0.29, 0.717) is 10.7 Å². The third kappa shape index (κ3) is 4.79. The number of rotatable bonds is 2. The van der Waals surface area contributed by atoms with E-state index in [1.165, 1.54) is 0 Å². The summed E-state index contributed by atoms with van der Waals surface area (Å²) in [7, 11) is 0. The van der Waals surface area contributed by atoms with Gasteiger partial charge in [0.15, 0.2) is 0 Å². The predicted octanol–water partition coefficient (Wildman–Crippen LogP) is 3.10. The molecule has 0 aliphatic carbocycles. The van der Waals surface area contributed by atoms with Crippen molar-refractivity contribution in [1.82, 2.24) is 5.32 Å². The van der Waals surface area contributed by atoms with Crippen molar-refractivity contribution in [2.24, 2.45) is 0 Å². The van der Waals surface area contributed by atoms with Gasteiger partial charge in [0, 0.05) is 31.2 Å². The van der Waals surface area contributed by atoms with Gasteiger partial charge in [0.1, 0.15) is 5.60 Å². The van der Waals surface area contributed by atoms with Crippen molar-refractivity contribution in [3.05, 3.63) is 23.2 Å². The SMILES string of the molecule is CC(C)(C)OC(=O)Nc1cc(Cl)ccc1N1CCNCC1. The quantitative estimate of drug-likeness (QED) is 0.881. The number of carbonyl (C=O) groups is 1. The number of anilines is 2. The van der Waals surface area contributed by atoms with E-state index < -0.39 is 11.7 Å². The molecule has 1 aromatic rings. The number of amides is 1. The Bertz CT molecular complexity index is 508. The van der Waals surface area contributed by atoms with Crippen LogP contribution < -0.4 is 15.5 Å². The maximum absolute atomic E-state index is 12.0. The van der Waals surface area contributed by atoms with Crippen LogP contribution in [0.25, 0.3) is 0 Å². The Balaban J connectivity index is 2.17. The number of piperazine rings is 1. The molecule has 1 saturated heterocycles. The predicted molar refractivity (Wildman–Crippen MR) is 86.4 cm³/mol. The molecule has 2 N–H and O–H groups in total. The maximum Gasteiger partial charge on any atom is 0.412 e. The first kappa shape index (κ1) is 15.9. The number of hydrogen-bond donors (Lipinski definition) is 2. The van der Waals surface area contributed by atoms with Gasteiger partial charge in [0.2, 0.25) is 0 Å². The smallest absolute Gasteiger partial charge is 0.412 e. The summed E-state index contributed by atoms with van der Waals surface area (Å²) >= 11 is 6.05. The molecule has 1 heterocycles. The zero-order valence-electron chi connectivity index (χ0n) is 12.7. The average molecular weight is 312 g/mol. The first-order valence-electron chi connectivity index (χ1n) is 7.10. The largest absolute Gasteiger partial charge is 0.444 e. The lowest BCUT2D eigenvalue weighted by molar-refractivity contribution is 0.0636. The van der Waals surface area contributed by atoms with Gasteiger partial charge in [-0.2, -0.15) is 0 Å². The highest BCUT2D eigenvalue weighted by Gasteiger charge is 2.19. The number of hydrogen-bond acceptors (Lipinski definition) is 4. The van der Waals surface area contributed by atoms with Gasteiger partial charge < -0.3 is 15.0 Å². The van der Waals surface area contributed by atoms with E-state index >= 15 is 0 Å². The van der Waals surface area contributed by atoms with Crippen LogP contribution in [0.15, 0.2) is 18.2 Å². The van der Waals surface area contributed by atoms with Crippen molar-refractivity contribution in [3.8, 4) is 0 Å². The molecule has 116 valence electrons. The average Bonchev–Trinajstić information content (AvgIpc) is 2.37. The zero-order chi connectivity index (χ0) is 15.5. The summed E-state index contributed by atoms with van der Waals surface area (Å²) in [6.07, 6.45) is -0.471. The lowest BCUT2D eigenvalue weighted by atomic mass is 10.2. The second-order valence-corrected chi connectivity index (χ2v) is 6.46. The van der Waals surface area contributed by atoms with E-state index in [4.69, 9.17) is 16.3 Å². The van der Waals surface area contributed by atoms with Gasteiger partial charge in [-0.05, 0) is 39.0 Å². The molecule has 6 heteroatoms. The molecule has 0 unspecified atom stereocenters. The van der Waals surface area contributed by atoms with Crippen LogP contribution in [0.2, 0.25) is 5.02 Å². The minimum Gasteiger partial charge on any atom is -0.444 e. The van der Waals surface area contributed by atoms with Crippen LogP contribution in [0, 0.1) is 0 Å². The van der Waals surface area contributed by atoms with Gasteiger partial charge in [-0.25, -0.2) is 4.79 Å². The lowest BCUT2D eigenvalue weighted by Gasteiger charge is -2.31. The molecule has 1 aromatic carbocycles. The summed E-state index contributed by atoms with van der Waals surface area (Å²) in [5.74, 6) is 0. The van der Waals surface area contributed by atoms with Crippen LogP contribution in [0.5, 0.6) is 0 Å². The van der Waals surface area contributed by atoms with Crippen LogP contribution >= 0.6 is 11.6 Å². The Hall–Kier alpha value is -1.46. The van der Waals surface area contributed by atoms with Crippen LogP contribution in [0.1, 0.15) is 20.8 Å². The number of ether oxygens (including phenoxy) is 1. The molecule has 5 nitrogen and oxygen atoms in total. The molecular weight excluding hydrogens is 290 g/mol. The van der Waals surface area contributed by atoms with E-state index in [0.717, 1.165) is 31.9 Å². The second-order valence-electron chi connectivity index (χ2n) is 6.03. The van der Waals surface area contributed by atoms with Crippen molar-refractivity contribution in [2.75, 3.05) is 36.4 Å². The molecule has 0 saturated carbocycles. The summed E-state index contributed by atoms with van der Waals surface area (Å²) in [6.45, 7) is 9.14. The zero-order valence-corrected chi connectivity index (χ0v) is 13.5. The van der Waals surface area contributed by atoms with E-state index in [1.807, 2.05) is 32.9 Å². The first-order chi connectivity index (χ1) is 9.85. The minimum atomic E-state index is -0.530. The number of carbonyl (C=O) groups excluding carboxylic acids is 1. The first-order valence-corrected chi connectivity index (χ1v) is 7.48. The molecule has 21 heavy (non-hydrogen) atoms. The normalized spacial score (nSPS) is 15.7. The standard InChI is InChI=1S/C15H22ClN3O2/c1-15(2,3)21-14(20)18-12-10-11(16)4-5-13(12)19-8-6-17-7-9-19/h4-5,10,17H,6-9H2,1-3H3,(H,18,20). The van der Waals surface area contributed by atoms with Gasteiger partial charge in [-0.15, -0.1) is 0 Å². The second kappa shape index (κ2) is 6.54.